The predicted octanol–water partition coefficient (Wildman–Crippen LogP) is 2.78. The number of methoxy groups -OCH3 is 2. The van der Waals surface area contributed by atoms with Crippen molar-refractivity contribution < 1.29 is 19.4 Å². The van der Waals surface area contributed by atoms with Crippen molar-refractivity contribution in [1.82, 2.24) is 25.1 Å². The van der Waals surface area contributed by atoms with Gasteiger partial charge in [-0.2, -0.15) is 5.10 Å². The van der Waals surface area contributed by atoms with Crippen LogP contribution >= 0.6 is 0 Å². The van der Waals surface area contributed by atoms with E-state index in [2.05, 4.69) is 20.3 Å². The Labute approximate surface area is 203 Å². The van der Waals surface area contributed by atoms with Gasteiger partial charge in [0.1, 0.15) is 18.0 Å². The van der Waals surface area contributed by atoms with Crippen molar-refractivity contribution in [2.75, 3.05) is 39.3 Å². The number of nitrogens with one attached hydrogen (secondary N) is 1. The minimum atomic E-state index is -0.133. The van der Waals surface area contributed by atoms with Gasteiger partial charge in [0.15, 0.2) is 0 Å². The molecule has 0 saturated carbocycles. The Kier molecular flexibility index (Phi) is 7.41. The third kappa shape index (κ3) is 5.49. The van der Waals surface area contributed by atoms with Crippen molar-refractivity contribution >= 4 is 28.3 Å². The van der Waals surface area contributed by atoms with E-state index in [0.29, 0.717) is 35.7 Å². The van der Waals surface area contributed by atoms with Crippen LogP contribution in [-0.2, 0) is 11.3 Å². The van der Waals surface area contributed by atoms with E-state index in [9.17, 15) is 9.90 Å². The van der Waals surface area contributed by atoms with E-state index in [1.807, 2.05) is 36.4 Å². The van der Waals surface area contributed by atoms with E-state index >= 15 is 0 Å². The van der Waals surface area contributed by atoms with Crippen molar-refractivity contribution in [1.29, 1.82) is 0 Å². The second-order valence-electron chi connectivity index (χ2n) is 7.83. The van der Waals surface area contributed by atoms with E-state index in [1.165, 1.54) is 0 Å². The molecule has 0 unspecified atom stereocenters. The number of likely N-dealkylation sites (N-methyl/N-ethyl adjacent to an activating group) is 1. The molecule has 1 amide bonds. The number of anilines is 2. The number of hydrogen-bond acceptors (Lipinski definition) is 8. The maximum atomic E-state index is 11.6. The monoisotopic (exact) mass is 476 g/mol. The second kappa shape index (κ2) is 10.8. The van der Waals surface area contributed by atoms with Crippen LogP contribution in [0.15, 0.2) is 55.0 Å². The number of aliphatic hydroxyl groups is 1. The average Bonchev–Trinajstić information content (AvgIpc) is 3.36. The molecule has 35 heavy (non-hydrogen) atoms. The van der Waals surface area contributed by atoms with E-state index < -0.39 is 0 Å². The van der Waals surface area contributed by atoms with Crippen LogP contribution in [0.1, 0.15) is 6.42 Å². The first kappa shape index (κ1) is 24.0. The Hall–Kier alpha value is -4.18. The molecule has 0 spiro atoms. The third-order valence-electron chi connectivity index (χ3n) is 5.54. The van der Waals surface area contributed by atoms with Gasteiger partial charge >= 0.3 is 0 Å². The first-order chi connectivity index (χ1) is 17.0. The van der Waals surface area contributed by atoms with E-state index in [1.54, 1.807) is 44.5 Å². The Morgan fingerprint density at radius 2 is 1.83 bits per heavy atom. The number of nitrogens with zero attached hydrogens (tertiary/aromatic N) is 5. The molecule has 0 aliphatic rings. The van der Waals surface area contributed by atoms with Crippen molar-refractivity contribution in [2.45, 2.75) is 13.0 Å². The molecule has 4 rings (SSSR count). The largest absolute Gasteiger partial charge is 0.497 e. The van der Waals surface area contributed by atoms with E-state index in [4.69, 9.17) is 14.5 Å². The van der Waals surface area contributed by atoms with Gasteiger partial charge in [-0.15, -0.1) is 0 Å². The van der Waals surface area contributed by atoms with Gasteiger partial charge in [-0.25, -0.2) is 4.98 Å². The maximum Gasteiger partial charge on any atom is 0.241 e. The van der Waals surface area contributed by atoms with Crippen LogP contribution in [0.3, 0.4) is 0 Å². The molecule has 0 bridgehead atoms. The van der Waals surface area contributed by atoms with Gasteiger partial charge in [0, 0.05) is 61.5 Å². The lowest BCUT2D eigenvalue weighted by Gasteiger charge is -2.26. The van der Waals surface area contributed by atoms with Gasteiger partial charge in [-0.05, 0) is 24.6 Å². The number of aliphatic hydroxyl groups excluding tert-OH is 1. The molecule has 0 radical (unpaired) electrons. The van der Waals surface area contributed by atoms with Crippen molar-refractivity contribution in [3.05, 3.63) is 55.0 Å². The highest BCUT2D eigenvalue weighted by Crippen LogP contribution is 2.34. The summed E-state index contributed by atoms with van der Waals surface area (Å²) >= 11 is 0. The molecule has 182 valence electrons. The summed E-state index contributed by atoms with van der Waals surface area (Å²) in [5.41, 5.74) is 4.64. The van der Waals surface area contributed by atoms with Crippen molar-refractivity contribution in [3.8, 4) is 22.8 Å². The van der Waals surface area contributed by atoms with Crippen LogP contribution in [0.5, 0.6) is 11.5 Å². The first-order valence-electron chi connectivity index (χ1n) is 11.2. The van der Waals surface area contributed by atoms with Crippen LogP contribution in [-0.4, -0.2) is 65.2 Å². The van der Waals surface area contributed by atoms with Crippen LogP contribution < -0.4 is 19.7 Å². The van der Waals surface area contributed by atoms with Gasteiger partial charge in [-0.1, -0.05) is 0 Å². The van der Waals surface area contributed by atoms with Crippen molar-refractivity contribution in [3.63, 3.8) is 0 Å². The fourth-order valence-corrected chi connectivity index (χ4v) is 3.70. The second-order valence-corrected chi connectivity index (χ2v) is 7.83. The highest BCUT2D eigenvalue weighted by Gasteiger charge is 2.14. The molecule has 10 nitrogen and oxygen atoms in total. The molecular weight excluding hydrogens is 448 g/mol. The van der Waals surface area contributed by atoms with Crippen LogP contribution in [0, 0.1) is 0 Å². The summed E-state index contributed by atoms with van der Waals surface area (Å²) in [6.07, 6.45) is 5.71. The summed E-state index contributed by atoms with van der Waals surface area (Å²) in [4.78, 5) is 23.1. The Balaban J connectivity index is 1.71. The van der Waals surface area contributed by atoms with Crippen LogP contribution in [0.4, 0.5) is 11.4 Å². The normalized spacial score (nSPS) is 10.9. The molecule has 0 aliphatic heterocycles. The average molecular weight is 477 g/mol. The lowest BCUT2D eigenvalue weighted by atomic mass is 10.1. The highest BCUT2D eigenvalue weighted by atomic mass is 16.5. The Morgan fingerprint density at radius 3 is 2.51 bits per heavy atom. The SMILES string of the molecule is CNC(=O)Cn1cc(-c2cnc3ccc(N(CCCO)c4cc(OC)cc(OC)c4)cc3n2)cn1. The number of carbonyl (C=O) groups is 1. The first-order valence-corrected chi connectivity index (χ1v) is 11.2. The summed E-state index contributed by atoms with van der Waals surface area (Å²) in [6, 6.07) is 11.5. The van der Waals surface area contributed by atoms with Crippen LogP contribution in [0.25, 0.3) is 22.3 Å². The molecule has 2 heterocycles. The Bertz CT molecular complexity index is 1300. The minimum absolute atomic E-state index is 0.0647. The molecule has 4 aromatic rings. The number of hydrogen-bond donors (Lipinski definition) is 2. The van der Waals surface area contributed by atoms with E-state index in [-0.39, 0.29) is 19.1 Å². The summed E-state index contributed by atoms with van der Waals surface area (Å²) in [7, 11) is 4.81. The summed E-state index contributed by atoms with van der Waals surface area (Å²) in [5.74, 6) is 1.21. The molecule has 2 N–H and O–H groups in total. The van der Waals surface area contributed by atoms with Crippen molar-refractivity contribution in [2.24, 2.45) is 0 Å². The number of carbonyl (C=O) groups excluding carboxylic acids is 1. The predicted molar refractivity (Wildman–Crippen MR) is 133 cm³/mol. The van der Waals surface area contributed by atoms with Gasteiger partial charge < -0.3 is 24.8 Å². The standard InChI is InChI=1S/C25H28N6O4/c1-26-25(33)16-30-15-17(13-28-30)24-14-27-22-6-5-18(11-23(22)29-24)31(7-4-8-32)19-9-20(34-2)12-21(10-19)35-3/h5-6,9-15,32H,4,7-8,16H2,1-3H3,(H,26,33). The molecule has 2 aromatic heterocycles. The lowest BCUT2D eigenvalue weighted by Crippen LogP contribution is -2.23. The Morgan fingerprint density at radius 1 is 1.06 bits per heavy atom. The molecule has 0 atom stereocenters. The van der Waals surface area contributed by atoms with Gasteiger partial charge in [-0.3, -0.25) is 14.5 Å². The van der Waals surface area contributed by atoms with Crippen LogP contribution in [0.2, 0.25) is 0 Å². The summed E-state index contributed by atoms with van der Waals surface area (Å²) in [5, 5.41) is 16.3. The summed E-state index contributed by atoms with van der Waals surface area (Å²) < 4.78 is 12.4. The third-order valence-corrected chi connectivity index (χ3v) is 5.54. The van der Waals surface area contributed by atoms with Gasteiger partial charge in [0.25, 0.3) is 0 Å². The number of aromatic nitrogens is 4. The lowest BCUT2D eigenvalue weighted by molar-refractivity contribution is -0.121. The molecule has 0 fully saturated rings. The fourth-order valence-electron chi connectivity index (χ4n) is 3.70. The zero-order valence-corrected chi connectivity index (χ0v) is 19.9. The topological polar surface area (TPSA) is 115 Å². The molecule has 0 saturated heterocycles. The molecule has 10 heteroatoms. The number of rotatable bonds is 10. The van der Waals surface area contributed by atoms with E-state index in [0.717, 1.165) is 22.5 Å². The number of amides is 1. The van der Waals surface area contributed by atoms with Gasteiger partial charge in [0.05, 0.1) is 43.3 Å². The maximum absolute atomic E-state index is 11.6. The number of ether oxygens (including phenoxy) is 2. The zero-order chi connectivity index (χ0) is 24.8. The molecular formula is C25H28N6O4. The molecule has 2 aromatic carbocycles. The quantitative estimate of drug-likeness (QED) is 0.359. The smallest absolute Gasteiger partial charge is 0.241 e. The van der Waals surface area contributed by atoms with Gasteiger partial charge in [0.2, 0.25) is 5.91 Å². The zero-order valence-electron chi connectivity index (χ0n) is 19.9. The summed E-state index contributed by atoms with van der Waals surface area (Å²) in [6.45, 7) is 0.776. The number of benzene rings is 2. The minimum Gasteiger partial charge on any atom is -0.497 e. The molecule has 0 aliphatic carbocycles. The highest BCUT2D eigenvalue weighted by molar-refractivity contribution is 5.83. The number of fused-ring (bicyclic) bond motifs is 1. The fraction of sp³-hybridized carbons (Fsp3) is 0.280.